The lowest BCUT2D eigenvalue weighted by Gasteiger charge is -2.41. The molecule has 2 saturated carbocycles. The first-order chi connectivity index (χ1) is 16.7. The molecule has 10 heteroatoms. The summed E-state index contributed by atoms with van der Waals surface area (Å²) in [7, 11) is 0. The lowest BCUT2D eigenvalue weighted by atomic mass is 9.62. The monoisotopic (exact) mass is 481 g/mol. The smallest absolute Gasteiger partial charge is 0.274 e. The summed E-state index contributed by atoms with van der Waals surface area (Å²) in [4.78, 5) is 35.4. The summed E-state index contributed by atoms with van der Waals surface area (Å²) in [6.45, 7) is 6.61. The predicted octanol–water partition coefficient (Wildman–Crippen LogP) is 3.42. The number of pyridine rings is 1. The van der Waals surface area contributed by atoms with Crippen molar-refractivity contribution in [3.05, 3.63) is 52.3 Å². The highest BCUT2D eigenvalue weighted by Gasteiger charge is 2.61. The molecule has 2 aliphatic heterocycles. The molecule has 184 valence electrons. The number of amides is 1. The fraction of sp³-hybridized carbons (Fsp3) is 0.520. The van der Waals surface area contributed by atoms with Gasteiger partial charge in [-0.15, -0.1) is 0 Å². The lowest BCUT2D eigenvalue weighted by molar-refractivity contribution is 0.0154. The van der Waals surface area contributed by atoms with Gasteiger partial charge in [-0.05, 0) is 45.2 Å². The van der Waals surface area contributed by atoms with Crippen LogP contribution < -0.4 is 15.6 Å². The van der Waals surface area contributed by atoms with Gasteiger partial charge < -0.3 is 19.4 Å². The number of carbonyl (C=O) groups excluding carboxylic acids is 1. The van der Waals surface area contributed by atoms with Crippen LogP contribution >= 0.6 is 0 Å². The Hall–Kier alpha value is -3.27. The van der Waals surface area contributed by atoms with Crippen molar-refractivity contribution < 1.29 is 18.7 Å². The fourth-order valence-corrected chi connectivity index (χ4v) is 5.33. The van der Waals surface area contributed by atoms with Crippen molar-refractivity contribution >= 4 is 17.4 Å². The molecule has 35 heavy (non-hydrogen) atoms. The number of ether oxygens (including phenoxy) is 2. The molecule has 2 saturated heterocycles. The van der Waals surface area contributed by atoms with Gasteiger partial charge in [-0.3, -0.25) is 14.0 Å². The maximum atomic E-state index is 13.5. The number of anilines is 1. The number of nitrogens with zero attached hydrogens (tertiary/aromatic N) is 4. The standard InChI is InChI=1S/C25H28FN5O4/c1-4-14(2)35-21-15(20(32)27-17-6-5-7-31(22(17)33)18-8-16(18)26)9-30-10-19(28-23(30)29-21)25-11-24(3,12-25)34-13-25/h5-7,9-10,14,16,18H,4,8,11-13H2,1-3H3,(H,27,32)/t14-,16-,18+,24?,25?/m1/s1. The summed E-state index contributed by atoms with van der Waals surface area (Å²) in [6.07, 6.45) is 6.71. The van der Waals surface area contributed by atoms with Crippen molar-refractivity contribution in [2.45, 2.75) is 75.8 Å². The first-order valence-electron chi connectivity index (χ1n) is 12.1. The van der Waals surface area contributed by atoms with Crippen molar-refractivity contribution in [1.29, 1.82) is 0 Å². The molecule has 2 aliphatic carbocycles. The highest BCUT2D eigenvalue weighted by molar-refractivity contribution is 6.05. The number of aromatic nitrogens is 4. The molecular weight excluding hydrogens is 453 g/mol. The number of alkyl halides is 1. The summed E-state index contributed by atoms with van der Waals surface area (Å²) >= 11 is 0. The van der Waals surface area contributed by atoms with E-state index in [9.17, 15) is 14.0 Å². The first kappa shape index (κ1) is 22.2. The molecular formula is C25H28FN5O4. The summed E-state index contributed by atoms with van der Waals surface area (Å²) < 4.78 is 28.5. The van der Waals surface area contributed by atoms with Gasteiger partial charge in [-0.25, -0.2) is 9.37 Å². The van der Waals surface area contributed by atoms with Crippen LogP contribution in [0.1, 0.15) is 68.5 Å². The normalized spacial score (nSPS) is 29.6. The predicted molar refractivity (Wildman–Crippen MR) is 126 cm³/mol. The second kappa shape index (κ2) is 7.61. The topological polar surface area (TPSA) is 99.8 Å². The summed E-state index contributed by atoms with van der Waals surface area (Å²) in [5.74, 6) is 0.0610. The average molecular weight is 482 g/mol. The number of imidazole rings is 1. The molecule has 9 nitrogen and oxygen atoms in total. The third-order valence-electron chi connectivity index (χ3n) is 7.47. The first-order valence-corrected chi connectivity index (χ1v) is 12.1. The number of hydrogen-bond acceptors (Lipinski definition) is 6. The zero-order valence-corrected chi connectivity index (χ0v) is 20.0. The number of halogens is 1. The van der Waals surface area contributed by atoms with Crippen LogP contribution in [0, 0.1) is 0 Å². The Morgan fingerprint density at radius 3 is 2.80 bits per heavy atom. The Bertz CT molecular complexity index is 1390. The summed E-state index contributed by atoms with van der Waals surface area (Å²) in [5, 5.41) is 2.67. The van der Waals surface area contributed by atoms with Gasteiger partial charge in [0, 0.05) is 30.4 Å². The number of fused-ring (bicyclic) bond motifs is 2. The van der Waals surface area contributed by atoms with E-state index in [2.05, 4.69) is 17.2 Å². The van der Waals surface area contributed by atoms with Crippen LogP contribution in [0.4, 0.5) is 10.1 Å². The molecule has 0 spiro atoms. The zero-order valence-electron chi connectivity index (χ0n) is 20.0. The van der Waals surface area contributed by atoms with Gasteiger partial charge >= 0.3 is 0 Å². The average Bonchev–Trinajstić information content (AvgIpc) is 3.11. The molecule has 3 aromatic heterocycles. The third kappa shape index (κ3) is 3.62. The Morgan fingerprint density at radius 2 is 2.14 bits per heavy atom. The van der Waals surface area contributed by atoms with Crippen LogP contribution in [-0.4, -0.2) is 49.3 Å². The number of hydrogen-bond donors (Lipinski definition) is 1. The Balaban J connectivity index is 1.35. The molecule has 7 rings (SSSR count). The van der Waals surface area contributed by atoms with Gasteiger partial charge in [0.1, 0.15) is 17.4 Å². The van der Waals surface area contributed by atoms with Crippen LogP contribution in [0.25, 0.3) is 5.78 Å². The van der Waals surface area contributed by atoms with Crippen LogP contribution in [-0.2, 0) is 10.2 Å². The van der Waals surface area contributed by atoms with Crippen molar-refractivity contribution in [3.63, 3.8) is 0 Å². The lowest BCUT2D eigenvalue weighted by Crippen LogP contribution is -2.45. The van der Waals surface area contributed by atoms with E-state index in [1.54, 1.807) is 16.7 Å². The van der Waals surface area contributed by atoms with Gasteiger partial charge in [0.15, 0.2) is 0 Å². The van der Waals surface area contributed by atoms with Crippen LogP contribution in [0.3, 0.4) is 0 Å². The van der Waals surface area contributed by atoms with E-state index >= 15 is 0 Å². The van der Waals surface area contributed by atoms with E-state index in [1.165, 1.54) is 16.8 Å². The van der Waals surface area contributed by atoms with Crippen LogP contribution in [0.2, 0.25) is 0 Å². The fourth-order valence-electron chi connectivity index (χ4n) is 5.33. The molecule has 3 atom stereocenters. The van der Waals surface area contributed by atoms with E-state index in [-0.39, 0.29) is 34.3 Å². The Morgan fingerprint density at radius 1 is 1.37 bits per heavy atom. The van der Waals surface area contributed by atoms with E-state index in [4.69, 9.17) is 14.5 Å². The number of rotatable bonds is 7. The minimum atomic E-state index is -1.03. The Labute approximate surface area is 201 Å². The minimum absolute atomic E-state index is 0.0771. The maximum Gasteiger partial charge on any atom is 0.274 e. The summed E-state index contributed by atoms with van der Waals surface area (Å²) in [5.41, 5.74) is 0.517. The van der Waals surface area contributed by atoms with Crippen molar-refractivity contribution in [2.24, 2.45) is 0 Å². The van der Waals surface area contributed by atoms with Crippen molar-refractivity contribution in [3.8, 4) is 5.88 Å². The minimum Gasteiger partial charge on any atom is -0.474 e. The van der Waals surface area contributed by atoms with Gasteiger partial charge in [0.2, 0.25) is 11.7 Å². The molecule has 1 N–H and O–H groups in total. The van der Waals surface area contributed by atoms with Crippen LogP contribution in [0.15, 0.2) is 35.5 Å². The highest BCUT2D eigenvalue weighted by Crippen LogP contribution is 2.58. The van der Waals surface area contributed by atoms with Crippen molar-refractivity contribution in [1.82, 2.24) is 18.9 Å². The molecule has 0 aromatic carbocycles. The second-order valence-electron chi connectivity index (χ2n) is 10.4. The molecule has 2 bridgehead atoms. The Kier molecular flexibility index (Phi) is 4.83. The van der Waals surface area contributed by atoms with E-state index in [0.717, 1.165) is 25.0 Å². The summed E-state index contributed by atoms with van der Waals surface area (Å²) in [6, 6.07) is 2.66. The quantitative estimate of drug-likeness (QED) is 0.555. The third-order valence-corrected chi connectivity index (χ3v) is 7.47. The zero-order chi connectivity index (χ0) is 24.5. The highest BCUT2D eigenvalue weighted by atomic mass is 19.1. The SMILES string of the molecule is CC[C@@H](C)Oc1nc2nc(C34COC(C)(C3)C4)cn2cc1C(=O)Nc1cccn([C@H]2C[C@H]2F)c1=O. The van der Waals surface area contributed by atoms with Gasteiger partial charge in [0.05, 0.1) is 30.0 Å². The molecule has 4 fully saturated rings. The van der Waals surface area contributed by atoms with E-state index in [1.807, 2.05) is 20.0 Å². The molecule has 1 amide bonds. The van der Waals surface area contributed by atoms with E-state index < -0.39 is 23.7 Å². The second-order valence-corrected chi connectivity index (χ2v) is 10.4. The molecule has 4 aliphatic rings. The van der Waals surface area contributed by atoms with Gasteiger partial charge in [-0.2, -0.15) is 4.98 Å². The van der Waals surface area contributed by atoms with Crippen molar-refractivity contribution in [2.75, 3.05) is 11.9 Å². The number of carbonyl (C=O) groups is 1. The molecule has 5 heterocycles. The van der Waals surface area contributed by atoms with Gasteiger partial charge in [0.25, 0.3) is 11.5 Å². The molecule has 0 radical (unpaired) electrons. The van der Waals surface area contributed by atoms with Crippen LogP contribution in [0.5, 0.6) is 5.88 Å². The maximum absolute atomic E-state index is 13.5. The number of nitrogens with one attached hydrogen (secondary N) is 1. The largest absolute Gasteiger partial charge is 0.474 e. The molecule has 0 unspecified atom stereocenters. The molecule has 3 aromatic rings. The van der Waals surface area contributed by atoms with E-state index in [0.29, 0.717) is 18.8 Å². The van der Waals surface area contributed by atoms with Gasteiger partial charge in [-0.1, -0.05) is 6.92 Å².